The lowest BCUT2D eigenvalue weighted by atomic mass is 9.98. The highest BCUT2D eigenvalue weighted by Gasteiger charge is 2.31. The van der Waals surface area contributed by atoms with Crippen LogP contribution in [0.5, 0.6) is 0 Å². The predicted molar refractivity (Wildman–Crippen MR) is 229 cm³/mol. The van der Waals surface area contributed by atoms with Crippen LogP contribution in [0, 0.1) is 5.92 Å². The molecule has 11 heteroatoms. The van der Waals surface area contributed by atoms with Crippen LogP contribution in [0.2, 0.25) is 0 Å². The van der Waals surface area contributed by atoms with E-state index in [4.69, 9.17) is 9.47 Å². The van der Waals surface area contributed by atoms with Gasteiger partial charge >= 0.3 is 12.1 Å². The number of ether oxygens (including phenoxy) is 2. The van der Waals surface area contributed by atoms with Crippen molar-refractivity contribution < 1.29 is 33.8 Å². The number of thioether (sulfide) groups is 1. The summed E-state index contributed by atoms with van der Waals surface area (Å²) < 4.78 is 11.5. The Bertz CT molecular complexity index is 1930. The lowest BCUT2D eigenvalue weighted by Gasteiger charge is -2.26. The molecule has 0 saturated heterocycles. The van der Waals surface area contributed by atoms with E-state index >= 15 is 0 Å². The van der Waals surface area contributed by atoms with Crippen molar-refractivity contribution in [3.8, 4) is 11.1 Å². The van der Waals surface area contributed by atoms with Gasteiger partial charge in [0.05, 0.1) is 18.6 Å². The number of fused-ring (bicyclic) bond motifs is 3. The molecule has 304 valence electrons. The number of amides is 3. The summed E-state index contributed by atoms with van der Waals surface area (Å²) in [6.07, 6.45) is 3.34. The van der Waals surface area contributed by atoms with Crippen LogP contribution in [0.1, 0.15) is 53.9 Å². The summed E-state index contributed by atoms with van der Waals surface area (Å²) >= 11 is 1.57. The quantitative estimate of drug-likeness (QED) is 0.0521. The molecule has 0 aliphatic heterocycles. The summed E-state index contributed by atoms with van der Waals surface area (Å²) in [5, 5.41) is 15.4. The number of carbonyl (C=O) groups excluding carboxylic acids is 4. The molecule has 0 spiro atoms. The molecular formula is C47H53N3O7S. The van der Waals surface area contributed by atoms with E-state index in [9.17, 15) is 24.3 Å². The second-order valence-electron chi connectivity index (χ2n) is 14.2. The fraction of sp³-hybridized carbons (Fsp3) is 0.319. The van der Waals surface area contributed by atoms with Gasteiger partial charge in [0.1, 0.15) is 19.3 Å². The molecule has 1 aliphatic rings. The highest BCUT2D eigenvalue weighted by atomic mass is 32.2. The van der Waals surface area contributed by atoms with Crippen molar-refractivity contribution in [1.29, 1.82) is 0 Å². The number of hydrogen-bond acceptors (Lipinski definition) is 8. The number of nitrogens with one attached hydrogen (secondary N) is 2. The molecule has 5 rings (SSSR count). The number of aliphatic hydroxyl groups excluding tert-OH is 1. The van der Waals surface area contributed by atoms with Gasteiger partial charge in [0.25, 0.3) is 0 Å². The Labute approximate surface area is 345 Å². The standard InChI is InChI=1S/C47H53N3O7S/c1-3-5-25-43(49-47(55)57-31-42-40-23-14-12-21-38(40)39-22-13-15-24-41(39)42)46(54)56-30-37(33-58-32-35-19-10-7-11-20-35)48-45(53)36(16-4-2)28-44(52)50(26-27-51)29-34-17-8-6-9-18-34/h3-4,6-15,17-24,36-37,42-43,51H,1-2,5,16,25-33H2,(H,48,53)(H,49,55)/t36-,37-,43+/m1/s1. The monoisotopic (exact) mass is 803 g/mol. The molecule has 0 radical (unpaired) electrons. The maximum Gasteiger partial charge on any atom is 0.407 e. The van der Waals surface area contributed by atoms with Crippen LogP contribution in [0.15, 0.2) is 135 Å². The second kappa shape index (κ2) is 22.9. The van der Waals surface area contributed by atoms with Crippen molar-refractivity contribution >= 4 is 35.6 Å². The van der Waals surface area contributed by atoms with Gasteiger partial charge in [0.2, 0.25) is 11.8 Å². The van der Waals surface area contributed by atoms with E-state index in [-0.39, 0.29) is 63.4 Å². The maximum atomic E-state index is 13.8. The minimum atomic E-state index is -1.02. The van der Waals surface area contributed by atoms with Crippen LogP contribution in [-0.2, 0) is 36.2 Å². The first-order chi connectivity index (χ1) is 28.3. The zero-order valence-corrected chi connectivity index (χ0v) is 33.6. The lowest BCUT2D eigenvalue weighted by Crippen LogP contribution is -2.47. The molecule has 0 saturated carbocycles. The van der Waals surface area contributed by atoms with E-state index < -0.39 is 30.1 Å². The summed E-state index contributed by atoms with van der Waals surface area (Å²) in [6.45, 7) is 7.72. The van der Waals surface area contributed by atoms with Crippen molar-refractivity contribution in [1.82, 2.24) is 15.5 Å². The number of esters is 1. The Morgan fingerprint density at radius 3 is 2.03 bits per heavy atom. The van der Waals surface area contributed by atoms with Gasteiger partial charge in [-0.05, 0) is 52.6 Å². The smallest absolute Gasteiger partial charge is 0.407 e. The first kappa shape index (κ1) is 43.5. The van der Waals surface area contributed by atoms with Crippen molar-refractivity contribution in [2.75, 3.05) is 32.1 Å². The maximum absolute atomic E-state index is 13.8. The average molecular weight is 804 g/mol. The molecule has 3 N–H and O–H groups in total. The van der Waals surface area contributed by atoms with Gasteiger partial charge < -0.3 is 30.1 Å². The number of carbonyl (C=O) groups is 4. The zero-order chi connectivity index (χ0) is 41.1. The summed E-state index contributed by atoms with van der Waals surface area (Å²) in [4.78, 5) is 55.7. The van der Waals surface area contributed by atoms with Crippen molar-refractivity contribution in [2.45, 2.75) is 56.0 Å². The number of rotatable bonds is 23. The minimum Gasteiger partial charge on any atom is -0.462 e. The third-order valence-corrected chi connectivity index (χ3v) is 11.1. The Hall–Kier alpha value is -5.65. The number of benzene rings is 4. The SMILES string of the molecule is C=CCC[C@H](NC(=O)OCC1c2ccccc2-c2ccccc21)C(=O)OC[C@H](CSCc1ccccc1)NC(=O)[C@H](CC=C)CC(=O)N(CCO)Cc1ccccc1. The van der Waals surface area contributed by atoms with Crippen molar-refractivity contribution in [2.24, 2.45) is 5.92 Å². The van der Waals surface area contributed by atoms with Crippen molar-refractivity contribution in [3.05, 3.63) is 157 Å². The molecular weight excluding hydrogens is 751 g/mol. The van der Waals surface area contributed by atoms with E-state index in [1.807, 2.05) is 97.1 Å². The van der Waals surface area contributed by atoms with Crippen LogP contribution < -0.4 is 10.6 Å². The molecule has 0 bridgehead atoms. The van der Waals surface area contributed by atoms with Gasteiger partial charge in [0.15, 0.2) is 0 Å². The minimum absolute atomic E-state index is 0.0915. The fourth-order valence-corrected chi connectivity index (χ4v) is 7.99. The third-order valence-electron chi connectivity index (χ3n) is 9.97. The van der Waals surface area contributed by atoms with Gasteiger partial charge in [-0.1, -0.05) is 121 Å². The Morgan fingerprint density at radius 1 is 0.793 bits per heavy atom. The summed E-state index contributed by atoms with van der Waals surface area (Å²) in [6, 6.07) is 33.8. The molecule has 0 unspecified atom stereocenters. The predicted octanol–water partition coefficient (Wildman–Crippen LogP) is 7.42. The van der Waals surface area contributed by atoms with E-state index in [2.05, 4.69) is 35.9 Å². The first-order valence-electron chi connectivity index (χ1n) is 19.7. The Kier molecular flexibility index (Phi) is 17.2. The topological polar surface area (TPSA) is 134 Å². The number of aliphatic hydroxyl groups is 1. The normalized spacial score (nSPS) is 13.2. The van der Waals surface area contributed by atoms with Crippen molar-refractivity contribution in [3.63, 3.8) is 0 Å². The summed E-state index contributed by atoms with van der Waals surface area (Å²) in [5.74, 6) is -1.13. The third kappa shape index (κ3) is 12.7. The highest BCUT2D eigenvalue weighted by molar-refractivity contribution is 7.98. The van der Waals surface area contributed by atoms with E-state index in [1.165, 1.54) is 0 Å². The average Bonchev–Trinajstić information content (AvgIpc) is 3.57. The van der Waals surface area contributed by atoms with Crippen LogP contribution in [0.3, 0.4) is 0 Å². The molecule has 0 heterocycles. The lowest BCUT2D eigenvalue weighted by molar-refractivity contribution is -0.147. The van der Waals surface area contributed by atoms with Gasteiger partial charge in [0, 0.05) is 36.9 Å². The molecule has 3 atom stereocenters. The summed E-state index contributed by atoms with van der Waals surface area (Å²) in [5.41, 5.74) is 6.38. The van der Waals surface area contributed by atoms with Crippen LogP contribution in [0.25, 0.3) is 11.1 Å². The van der Waals surface area contributed by atoms with E-state index in [0.717, 1.165) is 33.4 Å². The van der Waals surface area contributed by atoms with E-state index in [0.29, 0.717) is 24.5 Å². The second-order valence-corrected chi connectivity index (χ2v) is 15.2. The number of allylic oxidation sites excluding steroid dienone is 2. The van der Waals surface area contributed by atoms with Gasteiger partial charge in [-0.15, -0.1) is 13.2 Å². The van der Waals surface area contributed by atoms with Gasteiger partial charge in [-0.25, -0.2) is 9.59 Å². The van der Waals surface area contributed by atoms with Crippen LogP contribution in [0.4, 0.5) is 4.79 Å². The summed E-state index contributed by atoms with van der Waals surface area (Å²) in [7, 11) is 0. The molecule has 4 aromatic carbocycles. The van der Waals surface area contributed by atoms with Gasteiger partial charge in [-0.3, -0.25) is 9.59 Å². The molecule has 0 fully saturated rings. The molecule has 10 nitrogen and oxygen atoms in total. The highest BCUT2D eigenvalue weighted by Crippen LogP contribution is 2.44. The molecule has 3 amide bonds. The largest absolute Gasteiger partial charge is 0.462 e. The molecule has 58 heavy (non-hydrogen) atoms. The number of hydrogen-bond donors (Lipinski definition) is 3. The first-order valence-corrected chi connectivity index (χ1v) is 20.8. The van der Waals surface area contributed by atoms with E-state index in [1.54, 1.807) is 28.8 Å². The number of nitrogens with zero attached hydrogens (tertiary/aromatic N) is 1. The Morgan fingerprint density at radius 2 is 1.41 bits per heavy atom. The van der Waals surface area contributed by atoms with Crippen LogP contribution >= 0.6 is 11.8 Å². The van der Waals surface area contributed by atoms with Gasteiger partial charge in [-0.2, -0.15) is 11.8 Å². The Balaban J connectivity index is 1.22. The molecule has 1 aliphatic carbocycles. The number of alkyl carbamates (subject to hydrolysis) is 1. The molecule has 0 aromatic heterocycles. The fourth-order valence-electron chi connectivity index (χ4n) is 6.98. The molecule has 4 aromatic rings. The van der Waals surface area contributed by atoms with Crippen LogP contribution in [-0.4, -0.2) is 78.1 Å². The zero-order valence-electron chi connectivity index (χ0n) is 32.8.